The molecule has 108 valence electrons. The maximum absolute atomic E-state index is 12.6. The molecule has 0 amide bonds. The molecule has 0 fully saturated rings. The number of carbonyl (C=O) groups is 1. The first-order chi connectivity index (χ1) is 9.29. The lowest BCUT2D eigenvalue weighted by atomic mass is 10.0. The minimum absolute atomic E-state index is 0.0676. The van der Waals surface area contributed by atoms with Crippen LogP contribution in [0.5, 0.6) is 0 Å². The number of alkyl halides is 3. The van der Waals surface area contributed by atoms with Crippen molar-refractivity contribution in [2.45, 2.75) is 19.5 Å². The number of benzene rings is 1. The van der Waals surface area contributed by atoms with E-state index in [4.69, 9.17) is 0 Å². The quantitative estimate of drug-likeness (QED) is 0.847. The van der Waals surface area contributed by atoms with Crippen LogP contribution in [0, 0.1) is 6.92 Å². The van der Waals surface area contributed by atoms with E-state index < -0.39 is 17.7 Å². The summed E-state index contributed by atoms with van der Waals surface area (Å²) in [5, 5.41) is 9.18. The Hall–Kier alpha value is -1.98. The lowest BCUT2D eigenvalue weighted by molar-refractivity contribution is -0.0944. The largest absolute Gasteiger partial charge is 0.478 e. The van der Waals surface area contributed by atoms with Gasteiger partial charge in [0.15, 0.2) is 0 Å². The first-order valence-corrected chi connectivity index (χ1v) is 6.14. The number of carboxylic acids is 1. The van der Waals surface area contributed by atoms with Crippen LogP contribution in [0.1, 0.15) is 22.3 Å². The number of halogens is 3. The fraction of sp³-hybridized carbons (Fsp3) is 0.357. The lowest BCUT2D eigenvalue weighted by Crippen LogP contribution is -2.32. The monoisotopic (exact) mass is 285 g/mol. The average molecular weight is 285 g/mol. The maximum atomic E-state index is 12.6. The standard InChI is InChI=1S/C14H14F3NO2/c1-9-2-3-12(11(8-9)13(19)20)18-6-4-10(5-7-18)14(15,16)17/h2-4,8H,5-7H2,1H3,(H,19,20). The second kappa shape index (κ2) is 5.19. The Kier molecular flexibility index (Phi) is 3.74. The van der Waals surface area contributed by atoms with E-state index in [1.165, 1.54) is 6.07 Å². The number of anilines is 1. The zero-order valence-corrected chi connectivity index (χ0v) is 10.9. The molecule has 1 aliphatic rings. The molecule has 1 aromatic carbocycles. The van der Waals surface area contributed by atoms with Crippen LogP contribution in [0.3, 0.4) is 0 Å². The number of nitrogens with zero attached hydrogens (tertiary/aromatic N) is 1. The van der Waals surface area contributed by atoms with Gasteiger partial charge in [-0.2, -0.15) is 13.2 Å². The second-order valence-electron chi connectivity index (χ2n) is 4.75. The molecule has 1 aromatic rings. The molecular weight excluding hydrogens is 271 g/mol. The van der Waals surface area contributed by atoms with Crippen molar-refractivity contribution < 1.29 is 23.1 Å². The Bertz CT molecular complexity index is 564. The van der Waals surface area contributed by atoms with Crippen molar-refractivity contribution in [1.82, 2.24) is 0 Å². The van der Waals surface area contributed by atoms with E-state index in [1.54, 1.807) is 24.0 Å². The molecule has 0 saturated heterocycles. The smallest absolute Gasteiger partial charge is 0.412 e. The highest BCUT2D eigenvalue weighted by Crippen LogP contribution is 2.32. The summed E-state index contributed by atoms with van der Waals surface area (Å²) in [4.78, 5) is 12.9. The molecule has 6 heteroatoms. The van der Waals surface area contributed by atoms with Crippen LogP contribution in [0.15, 0.2) is 29.8 Å². The van der Waals surface area contributed by atoms with Gasteiger partial charge in [0.05, 0.1) is 11.3 Å². The third-order valence-electron chi connectivity index (χ3n) is 3.30. The summed E-state index contributed by atoms with van der Waals surface area (Å²) in [6.07, 6.45) is -3.31. The van der Waals surface area contributed by atoms with E-state index in [1.807, 2.05) is 0 Å². The van der Waals surface area contributed by atoms with Gasteiger partial charge < -0.3 is 10.0 Å². The summed E-state index contributed by atoms with van der Waals surface area (Å²) in [5.74, 6) is -1.07. The van der Waals surface area contributed by atoms with Crippen molar-refractivity contribution in [3.8, 4) is 0 Å². The molecule has 0 unspecified atom stereocenters. The van der Waals surface area contributed by atoms with Crippen LogP contribution in [-0.2, 0) is 0 Å². The van der Waals surface area contributed by atoms with E-state index in [0.717, 1.165) is 11.6 Å². The van der Waals surface area contributed by atoms with Crippen molar-refractivity contribution >= 4 is 11.7 Å². The van der Waals surface area contributed by atoms with Gasteiger partial charge in [0.1, 0.15) is 0 Å². The second-order valence-corrected chi connectivity index (χ2v) is 4.75. The molecular formula is C14H14F3NO2. The van der Waals surface area contributed by atoms with Crippen molar-refractivity contribution in [3.05, 3.63) is 41.0 Å². The highest BCUT2D eigenvalue weighted by atomic mass is 19.4. The summed E-state index contributed by atoms with van der Waals surface area (Å²) in [6.45, 7) is 2.00. The summed E-state index contributed by atoms with van der Waals surface area (Å²) in [7, 11) is 0. The molecule has 0 spiro atoms. The molecule has 0 atom stereocenters. The van der Waals surface area contributed by atoms with Crippen molar-refractivity contribution in [2.75, 3.05) is 18.0 Å². The number of hydrogen-bond donors (Lipinski definition) is 1. The van der Waals surface area contributed by atoms with Gasteiger partial charge in [-0.25, -0.2) is 4.79 Å². The third-order valence-corrected chi connectivity index (χ3v) is 3.30. The number of carboxylic acid groups (broad SMARTS) is 1. The SMILES string of the molecule is Cc1ccc(N2CC=C(C(F)(F)F)CC2)c(C(=O)O)c1. The van der Waals surface area contributed by atoms with Gasteiger partial charge >= 0.3 is 12.1 Å². The van der Waals surface area contributed by atoms with E-state index in [2.05, 4.69) is 0 Å². The van der Waals surface area contributed by atoms with Gasteiger partial charge in [-0.05, 0) is 25.5 Å². The lowest BCUT2D eigenvalue weighted by Gasteiger charge is -2.30. The average Bonchev–Trinajstić information content (AvgIpc) is 2.37. The zero-order valence-electron chi connectivity index (χ0n) is 10.9. The van der Waals surface area contributed by atoms with Crippen LogP contribution >= 0.6 is 0 Å². The van der Waals surface area contributed by atoms with E-state index in [0.29, 0.717) is 5.69 Å². The van der Waals surface area contributed by atoms with Gasteiger partial charge in [-0.1, -0.05) is 17.7 Å². The number of aromatic carboxylic acids is 1. The van der Waals surface area contributed by atoms with E-state index in [9.17, 15) is 23.1 Å². The van der Waals surface area contributed by atoms with Gasteiger partial charge in [-0.15, -0.1) is 0 Å². The molecule has 0 bridgehead atoms. The Morgan fingerprint density at radius 3 is 2.55 bits per heavy atom. The first kappa shape index (κ1) is 14.4. The van der Waals surface area contributed by atoms with Gasteiger partial charge in [0.25, 0.3) is 0 Å². The van der Waals surface area contributed by atoms with Gasteiger partial charge in [0.2, 0.25) is 0 Å². The predicted molar refractivity (Wildman–Crippen MR) is 69.1 cm³/mol. The summed E-state index contributed by atoms with van der Waals surface area (Å²) in [5.41, 5.74) is 0.835. The van der Waals surface area contributed by atoms with E-state index >= 15 is 0 Å². The normalized spacial score (nSPS) is 16.0. The molecule has 0 aromatic heterocycles. The Morgan fingerprint density at radius 1 is 1.35 bits per heavy atom. The number of hydrogen-bond acceptors (Lipinski definition) is 2. The Labute approximate surface area is 114 Å². The molecule has 1 heterocycles. The number of aryl methyl sites for hydroxylation is 1. The van der Waals surface area contributed by atoms with Crippen molar-refractivity contribution in [1.29, 1.82) is 0 Å². The minimum Gasteiger partial charge on any atom is -0.478 e. The Balaban J connectivity index is 2.27. The molecule has 20 heavy (non-hydrogen) atoms. The Morgan fingerprint density at radius 2 is 2.05 bits per heavy atom. The van der Waals surface area contributed by atoms with Crippen LogP contribution in [0.25, 0.3) is 0 Å². The maximum Gasteiger partial charge on any atom is 0.412 e. The number of rotatable bonds is 2. The van der Waals surface area contributed by atoms with Gasteiger partial charge in [-0.3, -0.25) is 0 Å². The van der Waals surface area contributed by atoms with Crippen LogP contribution in [-0.4, -0.2) is 30.3 Å². The third kappa shape index (κ3) is 2.95. The molecule has 1 aliphatic heterocycles. The summed E-state index contributed by atoms with van der Waals surface area (Å²) in [6, 6.07) is 4.93. The van der Waals surface area contributed by atoms with Crippen LogP contribution < -0.4 is 4.90 Å². The molecule has 0 saturated carbocycles. The zero-order chi connectivity index (χ0) is 14.9. The molecule has 0 aliphatic carbocycles. The van der Waals surface area contributed by atoms with Crippen molar-refractivity contribution in [2.24, 2.45) is 0 Å². The predicted octanol–water partition coefficient (Wildman–Crippen LogP) is 3.39. The molecule has 1 N–H and O–H groups in total. The highest BCUT2D eigenvalue weighted by molar-refractivity contribution is 5.94. The summed E-state index contributed by atoms with van der Waals surface area (Å²) >= 11 is 0. The van der Waals surface area contributed by atoms with Crippen LogP contribution in [0.2, 0.25) is 0 Å². The van der Waals surface area contributed by atoms with Gasteiger partial charge in [0, 0.05) is 18.7 Å². The summed E-state index contributed by atoms with van der Waals surface area (Å²) < 4.78 is 37.7. The molecule has 2 rings (SSSR count). The highest BCUT2D eigenvalue weighted by Gasteiger charge is 2.35. The van der Waals surface area contributed by atoms with E-state index in [-0.39, 0.29) is 25.1 Å². The fourth-order valence-corrected chi connectivity index (χ4v) is 2.24. The topological polar surface area (TPSA) is 40.5 Å². The van der Waals surface area contributed by atoms with Crippen LogP contribution in [0.4, 0.5) is 18.9 Å². The van der Waals surface area contributed by atoms with Crippen molar-refractivity contribution in [3.63, 3.8) is 0 Å². The molecule has 0 radical (unpaired) electrons. The molecule has 3 nitrogen and oxygen atoms in total. The fourth-order valence-electron chi connectivity index (χ4n) is 2.24. The first-order valence-electron chi connectivity index (χ1n) is 6.14. The minimum atomic E-state index is -4.30.